The number of carbonyl (C=O) groups is 1. The van der Waals surface area contributed by atoms with Crippen LogP contribution in [0, 0.1) is 5.92 Å². The minimum Gasteiger partial charge on any atom is -0.468 e. The fraction of sp³-hybridized carbons (Fsp3) is 0.318. The van der Waals surface area contributed by atoms with Crippen molar-refractivity contribution in [2.24, 2.45) is 5.92 Å². The van der Waals surface area contributed by atoms with Crippen molar-refractivity contribution >= 4 is 49.9 Å². The number of H-pyrrole nitrogens is 1. The Bertz CT molecular complexity index is 1250. The van der Waals surface area contributed by atoms with Crippen molar-refractivity contribution in [3.8, 4) is 0 Å². The van der Waals surface area contributed by atoms with Gasteiger partial charge in [-0.1, -0.05) is 29.3 Å². The maximum absolute atomic E-state index is 13.6. The molecule has 1 aliphatic carbocycles. The van der Waals surface area contributed by atoms with E-state index in [0.717, 1.165) is 22.2 Å². The van der Waals surface area contributed by atoms with E-state index in [-0.39, 0.29) is 4.90 Å². The number of ether oxygens (including phenoxy) is 1. The lowest BCUT2D eigenvalue weighted by molar-refractivity contribution is -0.145. The molecule has 8 heteroatoms. The summed E-state index contributed by atoms with van der Waals surface area (Å²) in [4.78, 5) is 16.3. The molecule has 0 radical (unpaired) electrons. The van der Waals surface area contributed by atoms with Crippen LogP contribution in [0.4, 0.5) is 0 Å². The molecular weight excluding hydrogens is 445 g/mol. The van der Waals surface area contributed by atoms with Gasteiger partial charge in [0.05, 0.1) is 12.0 Å². The van der Waals surface area contributed by atoms with Gasteiger partial charge in [0.2, 0.25) is 0 Å². The first-order chi connectivity index (χ1) is 14.2. The number of nitrogens with one attached hydrogen (secondary N) is 1. The molecule has 30 heavy (non-hydrogen) atoms. The maximum atomic E-state index is 13.6. The van der Waals surface area contributed by atoms with Crippen LogP contribution < -0.4 is 0 Å². The van der Waals surface area contributed by atoms with Crippen LogP contribution >= 0.6 is 23.2 Å². The molecule has 2 unspecified atom stereocenters. The highest BCUT2D eigenvalue weighted by atomic mass is 35.5. The summed E-state index contributed by atoms with van der Waals surface area (Å²) in [6.07, 6.45) is 1.57. The molecule has 5 nitrogen and oxygen atoms in total. The molecule has 1 aliphatic rings. The van der Waals surface area contributed by atoms with Crippen molar-refractivity contribution in [3.05, 3.63) is 63.8 Å². The summed E-state index contributed by atoms with van der Waals surface area (Å²) in [6.45, 7) is 1.46. The largest absolute Gasteiger partial charge is 0.468 e. The van der Waals surface area contributed by atoms with E-state index in [1.165, 1.54) is 26.2 Å². The van der Waals surface area contributed by atoms with Gasteiger partial charge in [-0.2, -0.15) is 0 Å². The Labute approximate surface area is 185 Å². The third-order valence-electron chi connectivity index (χ3n) is 6.18. The Morgan fingerprint density at radius 3 is 2.60 bits per heavy atom. The van der Waals surface area contributed by atoms with Crippen LogP contribution in [0.15, 0.2) is 47.4 Å². The second-order valence-corrected chi connectivity index (χ2v) is 11.0. The number of aromatic amines is 1. The Morgan fingerprint density at radius 1 is 1.17 bits per heavy atom. The van der Waals surface area contributed by atoms with E-state index in [1.54, 1.807) is 12.1 Å². The number of hydrogen-bond donors (Lipinski definition) is 1. The SMILES string of the molecule is COC(=O)C(C)(C1CCc2c([nH]c3ccc(Cl)cc23)C1)S(=O)(=O)c1cccc(Cl)c1. The molecule has 0 fully saturated rings. The molecule has 1 N–H and O–H groups in total. The first kappa shape index (κ1) is 21.2. The summed E-state index contributed by atoms with van der Waals surface area (Å²) < 4.78 is 30.5. The molecule has 0 spiro atoms. The van der Waals surface area contributed by atoms with Crippen molar-refractivity contribution in [3.63, 3.8) is 0 Å². The van der Waals surface area contributed by atoms with Gasteiger partial charge < -0.3 is 9.72 Å². The Balaban J connectivity index is 1.80. The highest BCUT2D eigenvalue weighted by Gasteiger charge is 2.54. The zero-order valence-electron chi connectivity index (χ0n) is 16.5. The molecule has 158 valence electrons. The van der Waals surface area contributed by atoms with Crippen LogP contribution in [0.2, 0.25) is 10.0 Å². The first-order valence-electron chi connectivity index (χ1n) is 9.56. The summed E-state index contributed by atoms with van der Waals surface area (Å²) >= 11 is 12.2. The molecule has 0 amide bonds. The van der Waals surface area contributed by atoms with E-state index >= 15 is 0 Å². The number of esters is 1. The quantitative estimate of drug-likeness (QED) is 0.550. The van der Waals surface area contributed by atoms with Gasteiger partial charge in [0.25, 0.3) is 0 Å². The number of carbonyl (C=O) groups excluding carboxylic acids is 1. The molecule has 1 heterocycles. The number of sulfone groups is 1. The van der Waals surface area contributed by atoms with Crippen LogP contribution in [0.1, 0.15) is 24.6 Å². The van der Waals surface area contributed by atoms with Gasteiger partial charge in [-0.25, -0.2) is 8.42 Å². The molecule has 1 aromatic heterocycles. The minimum atomic E-state index is -4.07. The van der Waals surface area contributed by atoms with Gasteiger partial charge in [-0.15, -0.1) is 0 Å². The predicted octanol–water partition coefficient (Wildman–Crippen LogP) is 4.99. The average Bonchev–Trinajstić information content (AvgIpc) is 3.09. The van der Waals surface area contributed by atoms with Crippen LogP contribution in [-0.4, -0.2) is 31.2 Å². The lowest BCUT2D eigenvalue weighted by atomic mass is 9.79. The number of rotatable bonds is 4. The van der Waals surface area contributed by atoms with E-state index in [4.69, 9.17) is 27.9 Å². The topological polar surface area (TPSA) is 76.2 Å². The summed E-state index contributed by atoms with van der Waals surface area (Å²) in [5.74, 6) is -1.24. The zero-order valence-corrected chi connectivity index (χ0v) is 18.9. The molecule has 0 saturated heterocycles. The van der Waals surface area contributed by atoms with Gasteiger partial charge in [-0.3, -0.25) is 4.79 Å². The maximum Gasteiger partial charge on any atom is 0.327 e. The van der Waals surface area contributed by atoms with Gasteiger partial charge >= 0.3 is 5.97 Å². The smallest absolute Gasteiger partial charge is 0.327 e. The van der Waals surface area contributed by atoms with Gasteiger partial charge in [-0.05, 0) is 74.1 Å². The second-order valence-electron chi connectivity index (χ2n) is 7.77. The van der Waals surface area contributed by atoms with E-state index < -0.39 is 26.5 Å². The Hall–Kier alpha value is -2.02. The lowest BCUT2D eigenvalue weighted by Crippen LogP contribution is -2.52. The molecule has 4 rings (SSSR count). The van der Waals surface area contributed by atoms with Crippen molar-refractivity contribution in [1.82, 2.24) is 4.98 Å². The number of fused-ring (bicyclic) bond motifs is 3. The normalized spacial score (nSPS) is 18.6. The third-order valence-corrected chi connectivity index (χ3v) is 9.15. The van der Waals surface area contributed by atoms with Crippen LogP contribution in [-0.2, 0) is 32.2 Å². The van der Waals surface area contributed by atoms with Crippen molar-refractivity contribution < 1.29 is 17.9 Å². The molecular formula is C22H21Cl2NO4S. The highest BCUT2D eigenvalue weighted by Crippen LogP contribution is 2.43. The molecule has 0 aliphatic heterocycles. The fourth-order valence-electron chi connectivity index (χ4n) is 4.45. The standard InChI is InChI=1S/C22H21Cl2NO4S/c1-22(21(26)29-2,30(27,28)16-5-3-4-14(23)11-16)13-6-8-17-18-12-15(24)7-9-19(18)25-20(17)10-13/h3-5,7,9,11-13,25H,6,8,10H2,1-2H3. The lowest BCUT2D eigenvalue weighted by Gasteiger charge is -2.36. The average molecular weight is 466 g/mol. The van der Waals surface area contributed by atoms with Crippen LogP contribution in [0.25, 0.3) is 10.9 Å². The zero-order chi connectivity index (χ0) is 21.7. The summed E-state index contributed by atoms with van der Waals surface area (Å²) in [5, 5.41) is 1.98. The van der Waals surface area contributed by atoms with Gasteiger partial charge in [0.1, 0.15) is 0 Å². The van der Waals surface area contributed by atoms with E-state index in [9.17, 15) is 13.2 Å². The summed E-state index contributed by atoms with van der Waals surface area (Å²) in [5.41, 5.74) is 3.00. The second kappa shape index (κ2) is 7.59. The minimum absolute atomic E-state index is 0.0112. The number of aryl methyl sites for hydroxylation is 1. The van der Waals surface area contributed by atoms with Gasteiger partial charge in [0.15, 0.2) is 14.6 Å². The Kier molecular flexibility index (Phi) is 5.37. The number of benzene rings is 2. The fourth-order valence-corrected chi connectivity index (χ4v) is 6.85. The molecule has 2 aromatic carbocycles. The van der Waals surface area contributed by atoms with Crippen LogP contribution in [0.5, 0.6) is 0 Å². The number of halogens is 2. The summed E-state index contributed by atoms with van der Waals surface area (Å²) in [6, 6.07) is 11.6. The van der Waals surface area contributed by atoms with E-state index in [0.29, 0.717) is 29.3 Å². The van der Waals surface area contributed by atoms with Crippen LogP contribution in [0.3, 0.4) is 0 Å². The Morgan fingerprint density at radius 2 is 1.90 bits per heavy atom. The van der Waals surface area contributed by atoms with Crippen molar-refractivity contribution in [2.75, 3.05) is 7.11 Å². The van der Waals surface area contributed by atoms with Crippen molar-refractivity contribution in [2.45, 2.75) is 35.8 Å². The molecule has 0 saturated carbocycles. The van der Waals surface area contributed by atoms with E-state index in [2.05, 4.69) is 4.98 Å². The number of hydrogen-bond acceptors (Lipinski definition) is 4. The van der Waals surface area contributed by atoms with Crippen molar-refractivity contribution in [1.29, 1.82) is 0 Å². The number of aromatic nitrogens is 1. The summed E-state index contributed by atoms with van der Waals surface area (Å²) in [7, 11) is -2.85. The van der Waals surface area contributed by atoms with E-state index in [1.807, 2.05) is 18.2 Å². The molecule has 3 aromatic rings. The van der Waals surface area contributed by atoms with Gasteiger partial charge in [0, 0.05) is 26.6 Å². The number of methoxy groups -OCH3 is 1. The molecule has 2 atom stereocenters. The third kappa shape index (κ3) is 3.22. The predicted molar refractivity (Wildman–Crippen MR) is 118 cm³/mol. The molecule has 0 bridgehead atoms. The highest BCUT2D eigenvalue weighted by molar-refractivity contribution is 7.93. The first-order valence-corrected chi connectivity index (χ1v) is 11.8. The monoisotopic (exact) mass is 465 g/mol.